The van der Waals surface area contributed by atoms with Gasteiger partial charge >= 0.3 is 0 Å². The van der Waals surface area contributed by atoms with Gasteiger partial charge in [-0.05, 0) is 18.9 Å². The van der Waals surface area contributed by atoms with Crippen molar-refractivity contribution in [2.24, 2.45) is 0 Å². The molecule has 0 unspecified atom stereocenters. The molecule has 0 saturated heterocycles. The summed E-state index contributed by atoms with van der Waals surface area (Å²) in [5, 5.41) is 0.322. The summed E-state index contributed by atoms with van der Waals surface area (Å²) in [6.45, 7) is 15.2. The minimum absolute atomic E-state index is 0.322. The summed E-state index contributed by atoms with van der Waals surface area (Å²) in [7, 11) is -1.46. The van der Waals surface area contributed by atoms with Crippen LogP contribution in [0, 0.1) is 11.5 Å². The molecule has 0 aliphatic rings. The van der Waals surface area contributed by atoms with Crippen molar-refractivity contribution in [1.82, 2.24) is 0 Å². The van der Waals surface area contributed by atoms with Crippen molar-refractivity contribution in [2.75, 3.05) is 0 Å². The maximum Gasteiger partial charge on any atom is 0.137 e. The largest absolute Gasteiger partial charge is 0.137 e. The lowest BCUT2D eigenvalue weighted by Crippen LogP contribution is -2.36. The predicted molar refractivity (Wildman–Crippen MR) is 64.9 cm³/mol. The van der Waals surface area contributed by atoms with Crippen molar-refractivity contribution in [2.45, 2.75) is 57.6 Å². The van der Waals surface area contributed by atoms with Gasteiger partial charge < -0.3 is 0 Å². The highest BCUT2D eigenvalue weighted by molar-refractivity contribution is 6.87. The Labute approximate surface area is 89.1 Å². The summed E-state index contributed by atoms with van der Waals surface area (Å²) in [6.07, 6.45) is 0. The Bertz CT molecular complexity index is 230. The zero-order valence-corrected chi connectivity index (χ0v) is 11.6. The van der Waals surface area contributed by atoms with Crippen molar-refractivity contribution in [3.63, 3.8) is 0 Å². The quantitative estimate of drug-likeness (QED) is 0.326. The third-order valence-corrected chi connectivity index (χ3v) is 7.14. The first-order valence-electron chi connectivity index (χ1n) is 4.69. The first-order valence-corrected chi connectivity index (χ1v) is 8.07. The Hall–Kier alpha value is 0.0669. The highest BCUT2D eigenvalue weighted by Crippen LogP contribution is 2.35. The predicted octanol–water partition coefficient (Wildman–Crippen LogP) is 4.05. The molecule has 0 nitrogen and oxygen atoms in total. The third kappa shape index (κ3) is 4.74. The van der Waals surface area contributed by atoms with Crippen LogP contribution in [0.5, 0.6) is 0 Å². The second-order valence-electron chi connectivity index (χ2n) is 5.60. The smallest absolute Gasteiger partial charge is 0.129 e. The molecule has 2 heteroatoms. The molecule has 0 fully saturated rings. The summed E-state index contributed by atoms with van der Waals surface area (Å²) in [4.78, 5) is -0.379. The van der Waals surface area contributed by atoms with Crippen LogP contribution in [0.15, 0.2) is 0 Å². The fourth-order valence-corrected chi connectivity index (χ4v) is 1.62. The van der Waals surface area contributed by atoms with E-state index in [2.05, 4.69) is 45.3 Å². The van der Waals surface area contributed by atoms with E-state index in [1.165, 1.54) is 0 Å². The molecular formula is C11H21ClSi. The van der Waals surface area contributed by atoms with E-state index >= 15 is 0 Å². The molecule has 0 heterocycles. The summed E-state index contributed by atoms with van der Waals surface area (Å²) >= 11 is 6.04. The van der Waals surface area contributed by atoms with E-state index in [0.717, 1.165) is 0 Å². The average molecular weight is 217 g/mol. The van der Waals surface area contributed by atoms with Gasteiger partial charge in [0.05, 0.1) is 4.87 Å². The van der Waals surface area contributed by atoms with E-state index in [0.29, 0.717) is 5.04 Å². The second kappa shape index (κ2) is 3.67. The number of alkyl halides is 1. The van der Waals surface area contributed by atoms with Crippen LogP contribution in [0.25, 0.3) is 0 Å². The Morgan fingerprint density at radius 1 is 1.00 bits per heavy atom. The molecule has 0 atom stereocenters. The molecule has 0 amide bonds. The van der Waals surface area contributed by atoms with Gasteiger partial charge in [-0.3, -0.25) is 0 Å². The first-order chi connectivity index (χ1) is 5.46. The molecule has 0 rings (SSSR count). The van der Waals surface area contributed by atoms with Crippen molar-refractivity contribution >= 4 is 19.7 Å². The number of hydrogen-bond donors (Lipinski definition) is 0. The van der Waals surface area contributed by atoms with Crippen LogP contribution in [0.4, 0.5) is 0 Å². The fraction of sp³-hybridized carbons (Fsp3) is 0.818. The summed E-state index contributed by atoms with van der Waals surface area (Å²) in [5.41, 5.74) is 3.40. The zero-order valence-electron chi connectivity index (χ0n) is 9.88. The number of hydrogen-bond acceptors (Lipinski definition) is 0. The molecule has 0 N–H and O–H groups in total. The van der Waals surface area contributed by atoms with Gasteiger partial charge in [0.2, 0.25) is 0 Å². The van der Waals surface area contributed by atoms with Gasteiger partial charge in [0.25, 0.3) is 0 Å². The molecular weight excluding hydrogens is 196 g/mol. The fourth-order valence-electron chi connectivity index (χ4n) is 0.492. The molecule has 76 valence electrons. The Morgan fingerprint density at radius 3 is 1.62 bits per heavy atom. The molecule has 13 heavy (non-hydrogen) atoms. The second-order valence-corrected chi connectivity index (χ2v) is 11.5. The van der Waals surface area contributed by atoms with Gasteiger partial charge in [-0.2, -0.15) is 0 Å². The minimum Gasteiger partial charge on any atom is -0.129 e. The van der Waals surface area contributed by atoms with Crippen molar-refractivity contribution in [1.29, 1.82) is 0 Å². The average Bonchev–Trinajstić information content (AvgIpc) is 1.79. The third-order valence-electron chi connectivity index (χ3n) is 2.55. The standard InChI is InChI=1S/C11H21ClSi/c1-10(2,3)13(6,7)9-8-11(4,5)12/h1-7H3. The van der Waals surface area contributed by atoms with Gasteiger partial charge in [0.15, 0.2) is 0 Å². The summed E-state index contributed by atoms with van der Waals surface area (Å²) in [5.74, 6) is 3.15. The monoisotopic (exact) mass is 216 g/mol. The van der Waals surface area contributed by atoms with Crippen LogP contribution in [0.2, 0.25) is 18.1 Å². The Balaban J connectivity index is 4.77. The van der Waals surface area contributed by atoms with E-state index in [9.17, 15) is 0 Å². The molecule has 0 bridgehead atoms. The van der Waals surface area contributed by atoms with E-state index in [4.69, 9.17) is 11.6 Å². The van der Waals surface area contributed by atoms with Crippen molar-refractivity contribution in [3.8, 4) is 11.5 Å². The molecule has 0 aliphatic heterocycles. The van der Waals surface area contributed by atoms with Crippen LogP contribution in [-0.2, 0) is 0 Å². The molecule has 0 radical (unpaired) electrons. The van der Waals surface area contributed by atoms with Crippen molar-refractivity contribution in [3.05, 3.63) is 0 Å². The molecule has 0 aromatic heterocycles. The highest BCUT2D eigenvalue weighted by Gasteiger charge is 2.33. The van der Waals surface area contributed by atoms with E-state index < -0.39 is 8.07 Å². The van der Waals surface area contributed by atoms with Crippen LogP contribution >= 0.6 is 11.6 Å². The first kappa shape index (κ1) is 13.1. The molecule has 0 aromatic carbocycles. The normalized spacial score (nSPS) is 13.5. The Kier molecular flexibility index (Phi) is 3.69. The number of halogens is 1. The summed E-state index contributed by atoms with van der Waals surface area (Å²) in [6, 6.07) is 0. The molecule has 0 saturated carbocycles. The van der Waals surface area contributed by atoms with Gasteiger partial charge in [-0.1, -0.05) is 39.8 Å². The van der Waals surface area contributed by atoms with E-state index in [1.807, 2.05) is 13.8 Å². The van der Waals surface area contributed by atoms with Crippen molar-refractivity contribution < 1.29 is 0 Å². The SMILES string of the molecule is CC(C)(Cl)C#C[Si](C)(C)C(C)(C)C. The summed E-state index contributed by atoms with van der Waals surface area (Å²) < 4.78 is 0. The van der Waals surface area contributed by atoms with Crippen LogP contribution in [0.3, 0.4) is 0 Å². The van der Waals surface area contributed by atoms with Gasteiger partial charge in [0, 0.05) is 0 Å². The van der Waals surface area contributed by atoms with E-state index in [1.54, 1.807) is 0 Å². The van der Waals surface area contributed by atoms with Gasteiger partial charge in [-0.15, -0.1) is 17.1 Å². The lowest BCUT2D eigenvalue weighted by molar-refractivity contribution is 0.730. The highest BCUT2D eigenvalue weighted by atomic mass is 35.5. The number of rotatable bonds is 0. The van der Waals surface area contributed by atoms with E-state index in [-0.39, 0.29) is 4.87 Å². The maximum atomic E-state index is 6.04. The zero-order chi connectivity index (χ0) is 10.9. The van der Waals surface area contributed by atoms with Crippen LogP contribution in [0.1, 0.15) is 34.6 Å². The van der Waals surface area contributed by atoms with Gasteiger partial charge in [0.1, 0.15) is 8.07 Å². The lowest BCUT2D eigenvalue weighted by Gasteiger charge is -2.31. The molecule has 0 spiro atoms. The Morgan fingerprint density at radius 2 is 1.38 bits per heavy atom. The minimum atomic E-state index is -1.46. The van der Waals surface area contributed by atoms with Gasteiger partial charge in [-0.25, -0.2) is 0 Å². The molecule has 0 aliphatic carbocycles. The lowest BCUT2D eigenvalue weighted by atomic mass is 10.2. The van der Waals surface area contributed by atoms with Crippen LogP contribution in [-0.4, -0.2) is 12.9 Å². The maximum absolute atomic E-state index is 6.04. The van der Waals surface area contributed by atoms with Crippen LogP contribution < -0.4 is 0 Å². The topological polar surface area (TPSA) is 0 Å². The molecule has 0 aromatic rings.